The summed E-state index contributed by atoms with van der Waals surface area (Å²) in [5.74, 6) is 0.0637. The Hall–Kier alpha value is -2.04. The van der Waals surface area contributed by atoms with E-state index in [-0.39, 0.29) is 23.8 Å². The van der Waals surface area contributed by atoms with Gasteiger partial charge in [-0.3, -0.25) is 20.4 Å². The minimum absolute atomic E-state index is 0.0104. The number of carbonyl (C=O) groups is 2. The summed E-state index contributed by atoms with van der Waals surface area (Å²) in [7, 11) is 0. The van der Waals surface area contributed by atoms with Crippen LogP contribution >= 0.6 is 0 Å². The van der Waals surface area contributed by atoms with Crippen molar-refractivity contribution >= 4 is 11.8 Å². The van der Waals surface area contributed by atoms with Crippen LogP contribution in [-0.4, -0.2) is 17.9 Å². The third-order valence-corrected chi connectivity index (χ3v) is 3.77. The molecule has 0 unspecified atom stereocenters. The first-order chi connectivity index (χ1) is 10.6. The number of nitrogens with one attached hydrogen (secondary N) is 2. The molecule has 5 heteroatoms. The van der Waals surface area contributed by atoms with Crippen LogP contribution in [0.4, 0.5) is 0 Å². The quantitative estimate of drug-likeness (QED) is 0.841. The van der Waals surface area contributed by atoms with Crippen LogP contribution in [0, 0.1) is 5.92 Å². The lowest BCUT2D eigenvalue weighted by molar-refractivity contribution is -0.126. The van der Waals surface area contributed by atoms with Crippen molar-refractivity contribution in [3.05, 3.63) is 29.8 Å². The molecule has 0 heterocycles. The van der Waals surface area contributed by atoms with E-state index in [4.69, 9.17) is 4.74 Å². The van der Waals surface area contributed by atoms with E-state index >= 15 is 0 Å². The Morgan fingerprint density at radius 2 is 1.77 bits per heavy atom. The number of hydrazine groups is 1. The molecule has 0 aromatic heterocycles. The summed E-state index contributed by atoms with van der Waals surface area (Å²) in [6.45, 7) is 3.80. The van der Waals surface area contributed by atoms with Gasteiger partial charge >= 0.3 is 0 Å². The van der Waals surface area contributed by atoms with Gasteiger partial charge in [-0.25, -0.2) is 0 Å². The van der Waals surface area contributed by atoms with Crippen molar-refractivity contribution in [2.45, 2.75) is 52.1 Å². The summed E-state index contributed by atoms with van der Waals surface area (Å²) < 4.78 is 5.62. The maximum absolute atomic E-state index is 12.2. The second kappa shape index (κ2) is 7.82. The van der Waals surface area contributed by atoms with Gasteiger partial charge in [0.15, 0.2) is 0 Å². The Labute approximate surface area is 131 Å². The Bertz CT molecular complexity index is 522. The van der Waals surface area contributed by atoms with Gasteiger partial charge in [0, 0.05) is 5.92 Å². The highest BCUT2D eigenvalue weighted by molar-refractivity contribution is 5.98. The van der Waals surface area contributed by atoms with Crippen LogP contribution in [0.5, 0.6) is 5.75 Å². The number of ether oxygens (including phenoxy) is 1. The van der Waals surface area contributed by atoms with Crippen molar-refractivity contribution < 1.29 is 14.3 Å². The molecule has 1 aliphatic rings. The Balaban J connectivity index is 1.93. The third kappa shape index (κ3) is 4.48. The summed E-state index contributed by atoms with van der Waals surface area (Å²) in [6, 6.07) is 7.01. The number of para-hydroxylation sites is 1. The van der Waals surface area contributed by atoms with Gasteiger partial charge in [-0.05, 0) is 38.8 Å². The van der Waals surface area contributed by atoms with Crippen molar-refractivity contribution in [1.29, 1.82) is 0 Å². The van der Waals surface area contributed by atoms with E-state index in [9.17, 15) is 9.59 Å². The van der Waals surface area contributed by atoms with Crippen molar-refractivity contribution in [3.8, 4) is 5.75 Å². The topological polar surface area (TPSA) is 67.4 Å². The van der Waals surface area contributed by atoms with Crippen molar-refractivity contribution in [2.24, 2.45) is 5.92 Å². The van der Waals surface area contributed by atoms with E-state index in [0.29, 0.717) is 11.3 Å². The van der Waals surface area contributed by atoms with Crippen LogP contribution in [-0.2, 0) is 4.79 Å². The highest BCUT2D eigenvalue weighted by atomic mass is 16.5. The van der Waals surface area contributed by atoms with Gasteiger partial charge in [0.05, 0.1) is 11.7 Å². The standard InChI is InChI=1S/C17H24N2O3/c1-12(2)22-15-11-7-6-10-14(15)17(21)19-18-16(20)13-8-4-3-5-9-13/h6-7,10-13H,3-5,8-9H2,1-2H3,(H,18,20)(H,19,21). The van der Waals surface area contributed by atoms with Crippen LogP contribution < -0.4 is 15.6 Å². The molecule has 1 aliphatic carbocycles. The number of benzene rings is 1. The molecule has 22 heavy (non-hydrogen) atoms. The normalized spacial score (nSPS) is 15.4. The molecule has 0 spiro atoms. The average Bonchev–Trinajstić information content (AvgIpc) is 2.53. The van der Waals surface area contributed by atoms with Gasteiger partial charge in [0.2, 0.25) is 5.91 Å². The van der Waals surface area contributed by atoms with Gasteiger partial charge < -0.3 is 4.74 Å². The van der Waals surface area contributed by atoms with E-state index < -0.39 is 0 Å². The van der Waals surface area contributed by atoms with Gasteiger partial charge in [-0.15, -0.1) is 0 Å². The second-order valence-corrected chi connectivity index (χ2v) is 5.94. The monoisotopic (exact) mass is 304 g/mol. The van der Waals surface area contributed by atoms with Gasteiger partial charge in [0.25, 0.3) is 5.91 Å². The molecule has 1 aromatic carbocycles. The lowest BCUT2D eigenvalue weighted by Gasteiger charge is -2.21. The average molecular weight is 304 g/mol. The first-order valence-electron chi connectivity index (χ1n) is 7.94. The number of hydrogen-bond donors (Lipinski definition) is 2. The Kier molecular flexibility index (Phi) is 5.81. The summed E-state index contributed by atoms with van der Waals surface area (Å²) in [5, 5.41) is 0. The molecule has 120 valence electrons. The molecule has 1 aromatic rings. The van der Waals surface area contributed by atoms with Crippen LogP contribution in [0.2, 0.25) is 0 Å². The molecule has 1 fully saturated rings. The maximum atomic E-state index is 12.2. The first kappa shape index (κ1) is 16.3. The van der Waals surface area contributed by atoms with Gasteiger partial charge in [0.1, 0.15) is 5.75 Å². The summed E-state index contributed by atoms with van der Waals surface area (Å²) in [5.41, 5.74) is 5.45. The number of carbonyl (C=O) groups excluding carboxylic acids is 2. The molecule has 0 saturated heterocycles. The molecule has 0 aliphatic heterocycles. The fourth-order valence-corrected chi connectivity index (χ4v) is 2.66. The zero-order valence-corrected chi connectivity index (χ0v) is 13.2. The number of amides is 2. The molecule has 5 nitrogen and oxygen atoms in total. The van der Waals surface area contributed by atoms with Gasteiger partial charge in [-0.1, -0.05) is 31.4 Å². The predicted octanol–water partition coefficient (Wildman–Crippen LogP) is 2.82. The van der Waals surface area contributed by atoms with Crippen LogP contribution in [0.15, 0.2) is 24.3 Å². The predicted molar refractivity (Wildman–Crippen MR) is 84.4 cm³/mol. The molecule has 0 bridgehead atoms. The van der Waals surface area contributed by atoms with Gasteiger partial charge in [-0.2, -0.15) is 0 Å². The summed E-state index contributed by atoms with van der Waals surface area (Å²) in [4.78, 5) is 24.3. The molecule has 0 atom stereocenters. The lowest BCUT2D eigenvalue weighted by atomic mass is 9.89. The minimum Gasteiger partial charge on any atom is -0.490 e. The number of rotatable bonds is 4. The fourth-order valence-electron chi connectivity index (χ4n) is 2.66. The fraction of sp³-hybridized carbons (Fsp3) is 0.529. The second-order valence-electron chi connectivity index (χ2n) is 5.94. The minimum atomic E-state index is -0.361. The molecule has 1 saturated carbocycles. The summed E-state index contributed by atoms with van der Waals surface area (Å²) in [6.07, 6.45) is 5.12. The van der Waals surface area contributed by atoms with Crippen LogP contribution in [0.25, 0.3) is 0 Å². The highest BCUT2D eigenvalue weighted by Crippen LogP contribution is 2.23. The third-order valence-electron chi connectivity index (χ3n) is 3.77. The van der Waals surface area contributed by atoms with E-state index in [1.165, 1.54) is 6.42 Å². The zero-order chi connectivity index (χ0) is 15.9. The molecule has 2 rings (SSSR count). The Morgan fingerprint density at radius 3 is 2.45 bits per heavy atom. The summed E-state index contributed by atoms with van der Waals surface area (Å²) >= 11 is 0. The Morgan fingerprint density at radius 1 is 1.09 bits per heavy atom. The van der Waals surface area contributed by atoms with Crippen LogP contribution in [0.3, 0.4) is 0 Å². The highest BCUT2D eigenvalue weighted by Gasteiger charge is 2.22. The largest absolute Gasteiger partial charge is 0.490 e. The molecule has 2 amide bonds. The van der Waals surface area contributed by atoms with E-state index in [1.54, 1.807) is 18.2 Å². The van der Waals surface area contributed by atoms with Crippen LogP contribution in [0.1, 0.15) is 56.3 Å². The lowest BCUT2D eigenvalue weighted by Crippen LogP contribution is -2.45. The molecule has 0 radical (unpaired) electrons. The SMILES string of the molecule is CC(C)Oc1ccccc1C(=O)NNC(=O)C1CCCCC1. The van der Waals surface area contributed by atoms with Crippen molar-refractivity contribution in [1.82, 2.24) is 10.9 Å². The zero-order valence-electron chi connectivity index (χ0n) is 13.2. The molecule has 2 N–H and O–H groups in total. The number of hydrogen-bond acceptors (Lipinski definition) is 3. The maximum Gasteiger partial charge on any atom is 0.273 e. The van der Waals surface area contributed by atoms with E-state index in [0.717, 1.165) is 25.7 Å². The molecular formula is C17H24N2O3. The smallest absolute Gasteiger partial charge is 0.273 e. The van der Waals surface area contributed by atoms with Crippen molar-refractivity contribution in [2.75, 3.05) is 0 Å². The first-order valence-corrected chi connectivity index (χ1v) is 7.94. The van der Waals surface area contributed by atoms with Crippen molar-refractivity contribution in [3.63, 3.8) is 0 Å². The molecular weight excluding hydrogens is 280 g/mol. The van der Waals surface area contributed by atoms with E-state index in [1.807, 2.05) is 19.9 Å². The van der Waals surface area contributed by atoms with E-state index in [2.05, 4.69) is 10.9 Å².